The topological polar surface area (TPSA) is 52.5 Å². The smallest absolute Gasteiger partial charge is 0.120 e. The molecule has 0 saturated heterocycles. The third-order valence-corrected chi connectivity index (χ3v) is 3.03. The molecule has 3 N–H and O–H groups in total. The highest BCUT2D eigenvalue weighted by Gasteiger charge is 2.15. The number of aliphatic hydroxyl groups excluding tert-OH is 1. The van der Waals surface area contributed by atoms with Crippen LogP contribution in [0.25, 0.3) is 0 Å². The van der Waals surface area contributed by atoms with Gasteiger partial charge < -0.3 is 15.5 Å². The number of aromatic hydroxyl groups is 1. The number of rotatable bonds is 5. The lowest BCUT2D eigenvalue weighted by molar-refractivity contribution is 0.238. The van der Waals surface area contributed by atoms with E-state index in [2.05, 4.69) is 21.2 Å². The molecular weight excluding hydrogens is 270 g/mol. The van der Waals surface area contributed by atoms with E-state index in [-0.39, 0.29) is 24.4 Å². The first-order chi connectivity index (χ1) is 7.58. The van der Waals surface area contributed by atoms with Crippen molar-refractivity contribution in [1.29, 1.82) is 0 Å². The molecule has 2 unspecified atom stereocenters. The molecule has 0 aliphatic carbocycles. The van der Waals surface area contributed by atoms with Crippen molar-refractivity contribution >= 4 is 15.9 Å². The standard InChI is InChI=1S/C12H18BrNO2/c1-3-11(14-8(2)7-15)10-6-9(13)4-5-12(10)16/h4-6,8,11,14-16H,3,7H2,1-2H3. The van der Waals surface area contributed by atoms with E-state index in [1.165, 1.54) is 0 Å². The second kappa shape index (κ2) is 6.23. The Labute approximate surface area is 105 Å². The number of halogens is 1. The summed E-state index contributed by atoms with van der Waals surface area (Å²) in [5.74, 6) is 0.285. The molecule has 0 bridgehead atoms. The SMILES string of the molecule is CCC(NC(C)CO)c1cc(Br)ccc1O. The lowest BCUT2D eigenvalue weighted by Gasteiger charge is -2.22. The zero-order valence-electron chi connectivity index (χ0n) is 9.57. The normalized spacial score (nSPS) is 14.8. The molecule has 2 atom stereocenters. The first kappa shape index (κ1) is 13.5. The third kappa shape index (κ3) is 3.47. The van der Waals surface area contributed by atoms with Crippen LogP contribution in [0, 0.1) is 0 Å². The molecule has 90 valence electrons. The van der Waals surface area contributed by atoms with Crippen molar-refractivity contribution in [3.8, 4) is 5.75 Å². The van der Waals surface area contributed by atoms with Gasteiger partial charge in [0.2, 0.25) is 0 Å². The minimum atomic E-state index is 0.0170. The molecule has 0 radical (unpaired) electrons. The van der Waals surface area contributed by atoms with E-state index in [0.29, 0.717) is 0 Å². The van der Waals surface area contributed by atoms with E-state index in [4.69, 9.17) is 5.11 Å². The second-order valence-corrected chi connectivity index (χ2v) is 4.83. The van der Waals surface area contributed by atoms with E-state index in [1.807, 2.05) is 19.9 Å². The van der Waals surface area contributed by atoms with Gasteiger partial charge in [-0.2, -0.15) is 0 Å². The van der Waals surface area contributed by atoms with Crippen LogP contribution in [0.4, 0.5) is 0 Å². The van der Waals surface area contributed by atoms with Gasteiger partial charge in [0.15, 0.2) is 0 Å². The van der Waals surface area contributed by atoms with Crippen LogP contribution in [0.5, 0.6) is 5.75 Å². The highest BCUT2D eigenvalue weighted by atomic mass is 79.9. The maximum atomic E-state index is 9.80. The van der Waals surface area contributed by atoms with E-state index in [0.717, 1.165) is 16.5 Å². The Morgan fingerprint density at radius 1 is 1.44 bits per heavy atom. The summed E-state index contributed by atoms with van der Waals surface area (Å²) in [5, 5.41) is 22.1. The molecule has 3 nitrogen and oxygen atoms in total. The van der Waals surface area contributed by atoms with Gasteiger partial charge in [-0.25, -0.2) is 0 Å². The highest BCUT2D eigenvalue weighted by Crippen LogP contribution is 2.29. The molecule has 0 fully saturated rings. The van der Waals surface area contributed by atoms with Crippen molar-refractivity contribution < 1.29 is 10.2 Å². The van der Waals surface area contributed by atoms with E-state index >= 15 is 0 Å². The lowest BCUT2D eigenvalue weighted by atomic mass is 10.0. The number of hydrogen-bond donors (Lipinski definition) is 3. The molecule has 1 aromatic rings. The molecular formula is C12H18BrNO2. The van der Waals surface area contributed by atoms with Crippen LogP contribution >= 0.6 is 15.9 Å². The van der Waals surface area contributed by atoms with Crippen LogP contribution < -0.4 is 5.32 Å². The quantitative estimate of drug-likeness (QED) is 0.780. The van der Waals surface area contributed by atoms with Gasteiger partial charge in [0.25, 0.3) is 0 Å². The molecule has 4 heteroatoms. The van der Waals surface area contributed by atoms with Crippen molar-refractivity contribution in [3.63, 3.8) is 0 Å². The Morgan fingerprint density at radius 2 is 2.12 bits per heavy atom. The lowest BCUT2D eigenvalue weighted by Crippen LogP contribution is -2.32. The van der Waals surface area contributed by atoms with Gasteiger partial charge in [-0.3, -0.25) is 0 Å². The van der Waals surface area contributed by atoms with Crippen LogP contribution in [-0.4, -0.2) is 22.9 Å². The minimum absolute atomic E-state index is 0.0170. The Morgan fingerprint density at radius 3 is 2.69 bits per heavy atom. The number of benzene rings is 1. The Bertz CT molecular complexity index is 344. The summed E-state index contributed by atoms with van der Waals surface area (Å²) in [6.45, 7) is 4.05. The maximum absolute atomic E-state index is 9.80. The molecule has 0 heterocycles. The summed E-state index contributed by atoms with van der Waals surface area (Å²) in [6.07, 6.45) is 0.856. The van der Waals surface area contributed by atoms with Gasteiger partial charge in [-0.15, -0.1) is 0 Å². The van der Waals surface area contributed by atoms with Crippen LogP contribution in [0.2, 0.25) is 0 Å². The van der Waals surface area contributed by atoms with Crippen molar-refractivity contribution in [2.75, 3.05) is 6.61 Å². The van der Waals surface area contributed by atoms with E-state index < -0.39 is 0 Å². The molecule has 0 aliphatic rings. The first-order valence-corrected chi connectivity index (χ1v) is 6.23. The molecule has 0 aromatic heterocycles. The van der Waals surface area contributed by atoms with E-state index in [9.17, 15) is 5.11 Å². The summed E-state index contributed by atoms with van der Waals surface area (Å²) >= 11 is 3.39. The minimum Gasteiger partial charge on any atom is -0.508 e. The Kier molecular flexibility index (Phi) is 5.25. The Hall–Kier alpha value is -0.580. The fourth-order valence-electron chi connectivity index (χ4n) is 1.63. The van der Waals surface area contributed by atoms with Gasteiger partial charge in [0.05, 0.1) is 6.61 Å². The van der Waals surface area contributed by atoms with Crippen molar-refractivity contribution in [3.05, 3.63) is 28.2 Å². The second-order valence-electron chi connectivity index (χ2n) is 3.91. The number of nitrogens with one attached hydrogen (secondary N) is 1. The summed E-state index contributed by atoms with van der Waals surface area (Å²) in [7, 11) is 0. The first-order valence-electron chi connectivity index (χ1n) is 5.43. The summed E-state index contributed by atoms with van der Waals surface area (Å²) in [5.41, 5.74) is 0.858. The molecule has 0 spiro atoms. The predicted octanol–water partition coefficient (Wildman–Crippen LogP) is 2.58. The van der Waals surface area contributed by atoms with Gasteiger partial charge in [-0.1, -0.05) is 22.9 Å². The summed E-state index contributed by atoms with van der Waals surface area (Å²) in [6, 6.07) is 5.46. The van der Waals surface area contributed by atoms with E-state index in [1.54, 1.807) is 12.1 Å². The van der Waals surface area contributed by atoms with Gasteiger partial charge >= 0.3 is 0 Å². The average molecular weight is 288 g/mol. The van der Waals surface area contributed by atoms with Crippen LogP contribution in [0.15, 0.2) is 22.7 Å². The molecule has 16 heavy (non-hydrogen) atoms. The molecule has 0 saturated carbocycles. The average Bonchev–Trinajstić information content (AvgIpc) is 2.29. The third-order valence-electron chi connectivity index (χ3n) is 2.53. The number of hydrogen-bond acceptors (Lipinski definition) is 3. The van der Waals surface area contributed by atoms with Crippen molar-refractivity contribution in [1.82, 2.24) is 5.32 Å². The van der Waals surface area contributed by atoms with Crippen molar-refractivity contribution in [2.45, 2.75) is 32.4 Å². The van der Waals surface area contributed by atoms with Crippen LogP contribution in [0.3, 0.4) is 0 Å². The fraction of sp³-hybridized carbons (Fsp3) is 0.500. The summed E-state index contributed by atoms with van der Waals surface area (Å²) in [4.78, 5) is 0. The largest absolute Gasteiger partial charge is 0.508 e. The maximum Gasteiger partial charge on any atom is 0.120 e. The number of aliphatic hydroxyl groups is 1. The monoisotopic (exact) mass is 287 g/mol. The van der Waals surface area contributed by atoms with Crippen LogP contribution in [0.1, 0.15) is 31.9 Å². The van der Waals surface area contributed by atoms with Crippen molar-refractivity contribution in [2.24, 2.45) is 0 Å². The highest BCUT2D eigenvalue weighted by molar-refractivity contribution is 9.10. The van der Waals surface area contributed by atoms with Gasteiger partial charge in [0.1, 0.15) is 5.75 Å². The number of phenols is 1. The fourth-order valence-corrected chi connectivity index (χ4v) is 2.01. The predicted molar refractivity (Wildman–Crippen MR) is 68.5 cm³/mol. The molecule has 1 aromatic carbocycles. The van der Waals surface area contributed by atoms with Gasteiger partial charge in [0, 0.05) is 22.1 Å². The molecule has 1 rings (SSSR count). The summed E-state index contributed by atoms with van der Waals surface area (Å²) < 4.78 is 0.942. The zero-order chi connectivity index (χ0) is 12.1. The number of phenolic OH excluding ortho intramolecular Hbond substituents is 1. The van der Waals surface area contributed by atoms with Crippen LogP contribution in [-0.2, 0) is 0 Å². The molecule has 0 amide bonds. The molecule has 0 aliphatic heterocycles. The Balaban J connectivity index is 2.89. The van der Waals surface area contributed by atoms with Gasteiger partial charge in [-0.05, 0) is 31.5 Å². The zero-order valence-corrected chi connectivity index (χ0v) is 11.2.